The van der Waals surface area contributed by atoms with Crippen LogP contribution < -0.4 is 4.90 Å². The lowest BCUT2D eigenvalue weighted by Crippen LogP contribution is -2.37. The van der Waals surface area contributed by atoms with Crippen molar-refractivity contribution in [3.63, 3.8) is 0 Å². The maximum Gasteiger partial charge on any atom is 0.163 e. The SMILES string of the molecule is Cn1ccc2c3nc(-c4cncc(O)c4)nc(N4CCOCC4)c3ccc21. The highest BCUT2D eigenvalue weighted by molar-refractivity contribution is 6.08. The third kappa shape index (κ3) is 2.67. The zero-order valence-corrected chi connectivity index (χ0v) is 15.0. The van der Waals surface area contributed by atoms with Crippen LogP contribution in [-0.2, 0) is 11.8 Å². The van der Waals surface area contributed by atoms with Crippen molar-refractivity contribution in [1.82, 2.24) is 19.5 Å². The van der Waals surface area contributed by atoms with Gasteiger partial charge in [0.1, 0.15) is 11.6 Å². The standard InChI is InChI=1S/C20H19N5O2/c1-24-5-4-15-17(24)3-2-16-18(15)22-19(13-10-14(26)12-21-11-13)23-20(16)25-6-8-27-9-7-25/h2-5,10-12,26H,6-9H2,1H3. The summed E-state index contributed by atoms with van der Waals surface area (Å²) in [6, 6.07) is 7.92. The Kier molecular flexibility index (Phi) is 3.68. The van der Waals surface area contributed by atoms with Crippen molar-refractivity contribution >= 4 is 27.6 Å². The predicted molar refractivity (Wildman–Crippen MR) is 104 cm³/mol. The van der Waals surface area contributed by atoms with Crippen LogP contribution in [0.3, 0.4) is 0 Å². The number of aromatic nitrogens is 4. The van der Waals surface area contributed by atoms with E-state index < -0.39 is 0 Å². The van der Waals surface area contributed by atoms with Crippen molar-refractivity contribution in [1.29, 1.82) is 0 Å². The summed E-state index contributed by atoms with van der Waals surface area (Å²) >= 11 is 0. The molecule has 0 saturated carbocycles. The Labute approximate surface area is 155 Å². The van der Waals surface area contributed by atoms with E-state index in [-0.39, 0.29) is 5.75 Å². The largest absolute Gasteiger partial charge is 0.506 e. The minimum atomic E-state index is 0.0991. The van der Waals surface area contributed by atoms with Crippen molar-refractivity contribution in [2.45, 2.75) is 0 Å². The molecule has 0 radical (unpaired) electrons. The van der Waals surface area contributed by atoms with Crippen LogP contribution >= 0.6 is 0 Å². The summed E-state index contributed by atoms with van der Waals surface area (Å²) in [6.07, 6.45) is 5.12. The van der Waals surface area contributed by atoms with E-state index in [1.807, 2.05) is 13.2 Å². The Morgan fingerprint density at radius 2 is 1.89 bits per heavy atom. The van der Waals surface area contributed by atoms with Gasteiger partial charge in [0.05, 0.1) is 24.9 Å². The van der Waals surface area contributed by atoms with Crippen LogP contribution in [0, 0.1) is 0 Å². The van der Waals surface area contributed by atoms with Gasteiger partial charge in [-0.1, -0.05) is 0 Å². The van der Waals surface area contributed by atoms with Gasteiger partial charge in [-0.05, 0) is 24.3 Å². The van der Waals surface area contributed by atoms with Crippen molar-refractivity contribution in [3.05, 3.63) is 42.9 Å². The van der Waals surface area contributed by atoms with Gasteiger partial charge >= 0.3 is 0 Å². The molecule has 1 fully saturated rings. The number of hydrogen-bond donors (Lipinski definition) is 1. The highest BCUT2D eigenvalue weighted by Crippen LogP contribution is 2.33. The number of fused-ring (bicyclic) bond motifs is 3. The van der Waals surface area contributed by atoms with Gasteiger partial charge in [-0.15, -0.1) is 0 Å². The van der Waals surface area contributed by atoms with Crippen LogP contribution in [0.25, 0.3) is 33.2 Å². The van der Waals surface area contributed by atoms with Crippen LogP contribution in [0.2, 0.25) is 0 Å². The van der Waals surface area contributed by atoms with E-state index in [1.165, 1.54) is 6.20 Å². The highest BCUT2D eigenvalue weighted by atomic mass is 16.5. The summed E-state index contributed by atoms with van der Waals surface area (Å²) in [4.78, 5) is 16.0. The monoisotopic (exact) mass is 361 g/mol. The maximum absolute atomic E-state index is 9.83. The van der Waals surface area contributed by atoms with Gasteiger partial charge in [0.15, 0.2) is 5.82 Å². The summed E-state index contributed by atoms with van der Waals surface area (Å²) in [5.74, 6) is 1.55. The minimum absolute atomic E-state index is 0.0991. The number of pyridine rings is 1. The molecule has 5 rings (SSSR count). The third-order valence-corrected chi connectivity index (χ3v) is 5.00. The summed E-state index contributed by atoms with van der Waals surface area (Å²) in [7, 11) is 2.03. The van der Waals surface area contributed by atoms with Gasteiger partial charge < -0.3 is 19.3 Å². The fourth-order valence-electron chi connectivity index (χ4n) is 3.62. The van der Waals surface area contributed by atoms with Gasteiger partial charge in [0.25, 0.3) is 0 Å². The molecule has 0 amide bonds. The number of rotatable bonds is 2. The van der Waals surface area contributed by atoms with Crippen molar-refractivity contribution in [3.8, 4) is 17.1 Å². The Morgan fingerprint density at radius 3 is 2.70 bits per heavy atom. The Bertz CT molecular complexity index is 1150. The van der Waals surface area contributed by atoms with Gasteiger partial charge in [-0.2, -0.15) is 0 Å². The highest BCUT2D eigenvalue weighted by Gasteiger charge is 2.20. The third-order valence-electron chi connectivity index (χ3n) is 5.00. The number of hydrogen-bond acceptors (Lipinski definition) is 6. The lowest BCUT2D eigenvalue weighted by atomic mass is 10.1. The summed E-state index contributed by atoms with van der Waals surface area (Å²) in [5, 5.41) is 11.9. The first-order valence-electron chi connectivity index (χ1n) is 8.93. The van der Waals surface area contributed by atoms with Gasteiger partial charge in [0, 0.05) is 54.4 Å². The average Bonchev–Trinajstić information content (AvgIpc) is 3.09. The first kappa shape index (κ1) is 16.0. The lowest BCUT2D eigenvalue weighted by Gasteiger charge is -2.29. The molecule has 0 unspecified atom stereocenters. The molecule has 0 bridgehead atoms. The van der Waals surface area contributed by atoms with Gasteiger partial charge in [0.2, 0.25) is 0 Å². The molecular weight excluding hydrogens is 342 g/mol. The van der Waals surface area contributed by atoms with Crippen molar-refractivity contribution in [2.75, 3.05) is 31.2 Å². The number of ether oxygens (including phenoxy) is 1. The minimum Gasteiger partial charge on any atom is -0.506 e. The number of anilines is 1. The molecule has 1 saturated heterocycles. The second kappa shape index (κ2) is 6.21. The molecule has 0 atom stereocenters. The van der Waals surface area contributed by atoms with Gasteiger partial charge in [-0.3, -0.25) is 4.98 Å². The van der Waals surface area contributed by atoms with E-state index in [0.717, 1.165) is 40.7 Å². The van der Waals surface area contributed by atoms with Crippen molar-refractivity contribution < 1.29 is 9.84 Å². The number of aromatic hydroxyl groups is 1. The van der Waals surface area contributed by atoms with E-state index >= 15 is 0 Å². The topological polar surface area (TPSA) is 76.3 Å². The number of nitrogens with zero attached hydrogens (tertiary/aromatic N) is 5. The molecule has 0 spiro atoms. The quantitative estimate of drug-likeness (QED) is 0.592. The van der Waals surface area contributed by atoms with Gasteiger partial charge in [-0.25, -0.2) is 9.97 Å². The smallest absolute Gasteiger partial charge is 0.163 e. The molecule has 136 valence electrons. The van der Waals surface area contributed by atoms with Crippen LogP contribution in [0.4, 0.5) is 5.82 Å². The molecule has 4 aromatic rings. The van der Waals surface area contributed by atoms with E-state index in [4.69, 9.17) is 14.7 Å². The van der Waals surface area contributed by atoms with Crippen molar-refractivity contribution in [2.24, 2.45) is 7.05 Å². The first-order valence-corrected chi connectivity index (χ1v) is 8.93. The zero-order chi connectivity index (χ0) is 18.4. The van der Waals surface area contributed by atoms with E-state index in [1.54, 1.807) is 12.3 Å². The van der Waals surface area contributed by atoms with Crippen LogP contribution in [0.5, 0.6) is 5.75 Å². The second-order valence-corrected chi connectivity index (χ2v) is 6.72. The summed E-state index contributed by atoms with van der Waals surface area (Å²) in [5.41, 5.74) is 2.72. The molecule has 3 aromatic heterocycles. The fourth-order valence-corrected chi connectivity index (χ4v) is 3.62. The molecule has 7 nitrogen and oxygen atoms in total. The first-order chi connectivity index (χ1) is 13.2. The van der Waals surface area contributed by atoms with Crippen LogP contribution in [-0.4, -0.2) is 50.9 Å². The molecule has 0 aliphatic carbocycles. The van der Waals surface area contributed by atoms with E-state index in [2.05, 4.69) is 32.7 Å². The molecule has 1 N–H and O–H groups in total. The molecular formula is C20H19N5O2. The Balaban J connectivity index is 1.81. The Morgan fingerprint density at radius 1 is 1.04 bits per heavy atom. The zero-order valence-electron chi connectivity index (χ0n) is 15.0. The number of morpholine rings is 1. The number of aryl methyl sites for hydroxylation is 1. The van der Waals surface area contributed by atoms with Crippen LogP contribution in [0.1, 0.15) is 0 Å². The normalized spacial score (nSPS) is 14.9. The molecule has 27 heavy (non-hydrogen) atoms. The molecule has 1 aliphatic rings. The Hall–Kier alpha value is -3.19. The fraction of sp³-hybridized carbons (Fsp3) is 0.250. The summed E-state index contributed by atoms with van der Waals surface area (Å²) < 4.78 is 7.59. The molecule has 1 aliphatic heterocycles. The molecule has 4 heterocycles. The second-order valence-electron chi connectivity index (χ2n) is 6.72. The average molecular weight is 361 g/mol. The summed E-state index contributed by atoms with van der Waals surface area (Å²) in [6.45, 7) is 2.94. The lowest BCUT2D eigenvalue weighted by molar-refractivity contribution is 0.122. The predicted octanol–water partition coefficient (Wildman–Crippen LogP) is 2.73. The van der Waals surface area contributed by atoms with E-state index in [9.17, 15) is 5.11 Å². The maximum atomic E-state index is 9.83. The number of benzene rings is 1. The van der Waals surface area contributed by atoms with E-state index in [0.29, 0.717) is 24.6 Å². The van der Waals surface area contributed by atoms with Crippen LogP contribution in [0.15, 0.2) is 42.9 Å². The molecule has 1 aromatic carbocycles. The molecule has 7 heteroatoms.